The number of aliphatic carboxylic acids is 1. The van der Waals surface area contributed by atoms with Crippen molar-refractivity contribution in [1.82, 2.24) is 9.88 Å². The summed E-state index contributed by atoms with van der Waals surface area (Å²) in [4.78, 5) is 17.7. The van der Waals surface area contributed by atoms with Crippen LogP contribution in [-0.2, 0) is 11.3 Å². The highest BCUT2D eigenvalue weighted by Gasteiger charge is 2.41. The number of nitrogens with zero attached hydrogens (tertiary/aromatic N) is 2. The number of hydrogen-bond donors (Lipinski definition) is 1. The van der Waals surface area contributed by atoms with Crippen molar-refractivity contribution in [3.05, 3.63) is 17.3 Å². The Balaban J connectivity index is 2.17. The first kappa shape index (κ1) is 13.1. The normalized spacial score (nSPS) is 25.3. The zero-order chi connectivity index (χ0) is 13.3. The van der Waals surface area contributed by atoms with E-state index in [2.05, 4.69) is 4.98 Å². The summed E-state index contributed by atoms with van der Waals surface area (Å²) in [5.41, 5.74) is 0.0770. The fourth-order valence-corrected chi connectivity index (χ4v) is 2.44. The van der Waals surface area contributed by atoms with E-state index >= 15 is 0 Å². The van der Waals surface area contributed by atoms with Crippen LogP contribution >= 0.6 is 0 Å². The Hall–Kier alpha value is -1.36. The van der Waals surface area contributed by atoms with Crippen molar-refractivity contribution in [2.75, 3.05) is 6.54 Å². The first-order valence-electron chi connectivity index (χ1n) is 6.35. The molecule has 0 amide bonds. The topological polar surface area (TPSA) is 66.6 Å². The van der Waals surface area contributed by atoms with E-state index in [-0.39, 0.29) is 0 Å². The fraction of sp³-hybridized carbons (Fsp3) is 0.692. The molecule has 1 fully saturated rings. The number of oxazole rings is 1. The van der Waals surface area contributed by atoms with Crippen molar-refractivity contribution in [3.63, 3.8) is 0 Å². The van der Waals surface area contributed by atoms with E-state index in [9.17, 15) is 9.90 Å². The SMILES string of the molecule is Cc1nc(CN2CCCCC2(C)C(=O)O)oc1C. The van der Waals surface area contributed by atoms with E-state index in [1.165, 1.54) is 0 Å². The second kappa shape index (κ2) is 4.72. The molecule has 2 rings (SSSR count). The second-order valence-corrected chi connectivity index (χ2v) is 5.21. The molecule has 0 aromatic carbocycles. The minimum atomic E-state index is -0.797. The minimum absolute atomic E-state index is 0.470. The zero-order valence-electron chi connectivity index (χ0n) is 11.2. The van der Waals surface area contributed by atoms with Crippen LogP contribution in [0.4, 0.5) is 0 Å². The summed E-state index contributed by atoms with van der Waals surface area (Å²) in [6, 6.07) is 0. The summed E-state index contributed by atoms with van der Waals surface area (Å²) in [6.07, 6.45) is 2.67. The predicted octanol–water partition coefficient (Wildman–Crippen LogP) is 2.12. The van der Waals surface area contributed by atoms with Crippen molar-refractivity contribution < 1.29 is 14.3 Å². The summed E-state index contributed by atoms with van der Waals surface area (Å²) in [5.74, 6) is 0.653. The van der Waals surface area contributed by atoms with Gasteiger partial charge in [0.05, 0.1) is 12.2 Å². The highest BCUT2D eigenvalue weighted by atomic mass is 16.4. The first-order valence-corrected chi connectivity index (χ1v) is 6.35. The number of aromatic nitrogens is 1. The van der Waals surface area contributed by atoms with Crippen molar-refractivity contribution >= 4 is 5.97 Å². The van der Waals surface area contributed by atoms with Gasteiger partial charge in [-0.15, -0.1) is 0 Å². The van der Waals surface area contributed by atoms with Gasteiger partial charge in [0.2, 0.25) is 5.89 Å². The van der Waals surface area contributed by atoms with Crippen LogP contribution in [0.15, 0.2) is 4.42 Å². The van der Waals surface area contributed by atoms with Gasteiger partial charge < -0.3 is 9.52 Å². The summed E-state index contributed by atoms with van der Waals surface area (Å²) in [5, 5.41) is 9.41. The molecule has 18 heavy (non-hydrogen) atoms. The highest BCUT2D eigenvalue weighted by Crippen LogP contribution is 2.29. The monoisotopic (exact) mass is 252 g/mol. The molecule has 5 nitrogen and oxygen atoms in total. The van der Waals surface area contributed by atoms with E-state index in [0.29, 0.717) is 18.9 Å². The lowest BCUT2D eigenvalue weighted by atomic mass is 9.88. The van der Waals surface area contributed by atoms with Crippen molar-refractivity contribution in [1.29, 1.82) is 0 Å². The summed E-state index contributed by atoms with van der Waals surface area (Å²) < 4.78 is 5.54. The number of hydrogen-bond acceptors (Lipinski definition) is 4. The van der Waals surface area contributed by atoms with Gasteiger partial charge in [0.15, 0.2) is 0 Å². The van der Waals surface area contributed by atoms with Crippen LogP contribution in [0.2, 0.25) is 0 Å². The van der Waals surface area contributed by atoms with Gasteiger partial charge in [-0.2, -0.15) is 0 Å². The Morgan fingerprint density at radius 3 is 2.78 bits per heavy atom. The van der Waals surface area contributed by atoms with Crippen LogP contribution in [0.1, 0.15) is 43.5 Å². The number of likely N-dealkylation sites (tertiary alicyclic amines) is 1. The number of carboxylic acid groups (broad SMARTS) is 1. The summed E-state index contributed by atoms with van der Waals surface area (Å²) in [7, 11) is 0. The Morgan fingerprint density at radius 2 is 2.22 bits per heavy atom. The van der Waals surface area contributed by atoms with Gasteiger partial charge in [0, 0.05) is 0 Å². The third-order valence-electron chi connectivity index (χ3n) is 3.90. The average Bonchev–Trinajstić information content (AvgIpc) is 2.61. The van der Waals surface area contributed by atoms with Crippen LogP contribution in [0, 0.1) is 13.8 Å². The van der Waals surface area contributed by atoms with E-state index in [1.807, 2.05) is 18.7 Å². The first-order chi connectivity index (χ1) is 8.43. The fourth-order valence-electron chi connectivity index (χ4n) is 2.44. The lowest BCUT2D eigenvalue weighted by molar-refractivity contribution is -0.153. The molecular formula is C13H20N2O3. The standard InChI is InChI=1S/C13H20N2O3/c1-9-10(2)18-11(14-9)8-15-7-5-4-6-13(15,3)12(16)17/h4-8H2,1-3H3,(H,16,17). The summed E-state index contributed by atoms with van der Waals surface area (Å²) in [6.45, 7) is 6.81. The Kier molecular flexibility index (Phi) is 3.43. The lowest BCUT2D eigenvalue weighted by Gasteiger charge is -2.40. The molecule has 0 saturated carbocycles. The quantitative estimate of drug-likeness (QED) is 0.892. The van der Waals surface area contributed by atoms with Gasteiger partial charge in [0.1, 0.15) is 11.3 Å². The van der Waals surface area contributed by atoms with Crippen molar-refractivity contribution in [3.8, 4) is 0 Å². The number of aryl methyl sites for hydroxylation is 2. The molecule has 0 radical (unpaired) electrons. The number of piperidine rings is 1. The van der Waals surface area contributed by atoms with Gasteiger partial charge in [-0.05, 0) is 46.6 Å². The maximum atomic E-state index is 11.5. The van der Waals surface area contributed by atoms with Gasteiger partial charge in [0.25, 0.3) is 0 Å². The third-order valence-corrected chi connectivity index (χ3v) is 3.90. The molecule has 1 unspecified atom stereocenters. The smallest absolute Gasteiger partial charge is 0.323 e. The molecule has 2 heterocycles. The zero-order valence-corrected chi connectivity index (χ0v) is 11.2. The van der Waals surface area contributed by atoms with Gasteiger partial charge in [-0.3, -0.25) is 9.69 Å². The maximum Gasteiger partial charge on any atom is 0.323 e. The van der Waals surface area contributed by atoms with Crippen molar-refractivity contribution in [2.45, 2.75) is 52.1 Å². The largest absolute Gasteiger partial charge is 0.480 e. The van der Waals surface area contributed by atoms with Gasteiger partial charge >= 0.3 is 5.97 Å². The Morgan fingerprint density at radius 1 is 1.50 bits per heavy atom. The molecular weight excluding hydrogens is 232 g/mol. The number of rotatable bonds is 3. The molecule has 5 heteroatoms. The molecule has 1 aliphatic heterocycles. The predicted molar refractivity (Wildman–Crippen MR) is 66.3 cm³/mol. The Bertz CT molecular complexity index is 436. The molecule has 1 saturated heterocycles. The van der Waals surface area contributed by atoms with E-state index in [1.54, 1.807) is 6.92 Å². The number of carbonyl (C=O) groups is 1. The molecule has 1 aliphatic rings. The summed E-state index contributed by atoms with van der Waals surface area (Å²) >= 11 is 0. The van der Waals surface area contributed by atoms with E-state index < -0.39 is 11.5 Å². The van der Waals surface area contributed by atoms with Crippen LogP contribution in [0.3, 0.4) is 0 Å². The van der Waals surface area contributed by atoms with Gasteiger partial charge in [-0.1, -0.05) is 0 Å². The maximum absolute atomic E-state index is 11.5. The van der Waals surface area contributed by atoms with Crippen LogP contribution < -0.4 is 0 Å². The minimum Gasteiger partial charge on any atom is -0.480 e. The Labute approximate surface area is 107 Å². The molecule has 0 aliphatic carbocycles. The van der Waals surface area contributed by atoms with E-state index in [0.717, 1.165) is 30.8 Å². The van der Waals surface area contributed by atoms with Crippen molar-refractivity contribution in [2.24, 2.45) is 0 Å². The van der Waals surface area contributed by atoms with Crippen LogP contribution in [-0.4, -0.2) is 33.0 Å². The molecule has 0 spiro atoms. The third kappa shape index (κ3) is 2.27. The van der Waals surface area contributed by atoms with E-state index in [4.69, 9.17) is 4.42 Å². The highest BCUT2D eigenvalue weighted by molar-refractivity contribution is 5.78. The average molecular weight is 252 g/mol. The molecule has 0 bridgehead atoms. The molecule has 100 valence electrons. The second-order valence-electron chi connectivity index (χ2n) is 5.21. The molecule has 1 atom stereocenters. The van der Waals surface area contributed by atoms with Crippen LogP contribution in [0.25, 0.3) is 0 Å². The number of carboxylic acids is 1. The lowest BCUT2D eigenvalue weighted by Crippen LogP contribution is -2.54. The van der Waals surface area contributed by atoms with Crippen LogP contribution in [0.5, 0.6) is 0 Å². The molecule has 1 N–H and O–H groups in total. The molecule has 1 aromatic heterocycles. The molecule has 1 aromatic rings. The van der Waals surface area contributed by atoms with Gasteiger partial charge in [-0.25, -0.2) is 4.98 Å².